The van der Waals surface area contributed by atoms with Crippen molar-refractivity contribution >= 4 is 39.0 Å². The summed E-state index contributed by atoms with van der Waals surface area (Å²) in [5, 5.41) is 7.04. The average molecular weight is 306 g/mol. The summed E-state index contributed by atoms with van der Waals surface area (Å²) in [6.07, 6.45) is 0. The standard InChI is InChI=1S/C8H8BrN3OS2/c1-12-7(13)10-11-8(12)14-4-5-2-3-6(9)15-5/h2-3H,4H2,1H3,(H,10,13). The molecule has 2 rings (SSSR count). The quantitative estimate of drug-likeness (QED) is 0.885. The van der Waals surface area contributed by atoms with Crippen molar-refractivity contribution in [3.8, 4) is 0 Å². The number of H-pyrrole nitrogens is 1. The molecule has 0 saturated heterocycles. The van der Waals surface area contributed by atoms with Crippen molar-refractivity contribution in [1.82, 2.24) is 14.8 Å². The summed E-state index contributed by atoms with van der Waals surface area (Å²) in [6, 6.07) is 4.08. The summed E-state index contributed by atoms with van der Waals surface area (Å²) in [4.78, 5) is 12.3. The third kappa shape index (κ3) is 2.53. The number of aromatic nitrogens is 3. The van der Waals surface area contributed by atoms with Crippen LogP contribution in [0.15, 0.2) is 25.9 Å². The van der Waals surface area contributed by atoms with Gasteiger partial charge < -0.3 is 0 Å². The van der Waals surface area contributed by atoms with Crippen LogP contribution in [0.4, 0.5) is 0 Å². The lowest BCUT2D eigenvalue weighted by atomic mass is 10.5. The Bertz CT molecular complexity index is 516. The van der Waals surface area contributed by atoms with Crippen LogP contribution in [0.25, 0.3) is 0 Å². The molecule has 0 unspecified atom stereocenters. The minimum Gasteiger partial charge on any atom is -0.273 e. The average Bonchev–Trinajstić information content (AvgIpc) is 2.74. The molecule has 0 fully saturated rings. The highest BCUT2D eigenvalue weighted by molar-refractivity contribution is 9.11. The number of halogens is 1. The molecule has 0 spiro atoms. The fourth-order valence-corrected chi connectivity index (χ4v) is 3.47. The topological polar surface area (TPSA) is 50.7 Å². The lowest BCUT2D eigenvalue weighted by Gasteiger charge is -1.96. The van der Waals surface area contributed by atoms with Crippen LogP contribution in [0, 0.1) is 0 Å². The second-order valence-electron chi connectivity index (χ2n) is 2.86. The molecule has 2 aromatic rings. The lowest BCUT2D eigenvalue weighted by Crippen LogP contribution is -2.12. The molecule has 2 heterocycles. The van der Waals surface area contributed by atoms with Gasteiger partial charge in [0.15, 0.2) is 5.16 Å². The molecule has 0 aliphatic heterocycles. The Labute approximate surface area is 103 Å². The van der Waals surface area contributed by atoms with Crippen molar-refractivity contribution in [3.05, 3.63) is 31.3 Å². The first-order valence-corrected chi connectivity index (χ1v) is 6.75. The molecule has 2 aromatic heterocycles. The molecule has 15 heavy (non-hydrogen) atoms. The Kier molecular flexibility index (Phi) is 3.32. The Morgan fingerprint density at radius 3 is 3.00 bits per heavy atom. The van der Waals surface area contributed by atoms with Crippen LogP contribution in [0.3, 0.4) is 0 Å². The van der Waals surface area contributed by atoms with Gasteiger partial charge in [0, 0.05) is 17.7 Å². The third-order valence-electron chi connectivity index (χ3n) is 1.81. The molecule has 0 radical (unpaired) electrons. The minimum atomic E-state index is -0.176. The highest BCUT2D eigenvalue weighted by Gasteiger charge is 2.05. The van der Waals surface area contributed by atoms with E-state index in [2.05, 4.69) is 32.2 Å². The molecule has 1 N–H and O–H groups in total. The van der Waals surface area contributed by atoms with Gasteiger partial charge in [-0.15, -0.1) is 16.4 Å². The predicted molar refractivity (Wildman–Crippen MR) is 65.4 cm³/mol. The Morgan fingerprint density at radius 2 is 2.47 bits per heavy atom. The molecule has 0 amide bonds. The van der Waals surface area contributed by atoms with E-state index in [1.54, 1.807) is 30.1 Å². The normalized spacial score (nSPS) is 10.8. The van der Waals surface area contributed by atoms with E-state index in [0.29, 0.717) is 5.16 Å². The Hall–Kier alpha value is -0.530. The first-order chi connectivity index (χ1) is 7.16. The van der Waals surface area contributed by atoms with Crippen molar-refractivity contribution in [2.75, 3.05) is 0 Å². The van der Waals surface area contributed by atoms with Crippen molar-refractivity contribution in [1.29, 1.82) is 0 Å². The monoisotopic (exact) mass is 305 g/mol. The zero-order valence-corrected chi connectivity index (χ0v) is 11.1. The van der Waals surface area contributed by atoms with Gasteiger partial charge in [-0.25, -0.2) is 9.89 Å². The van der Waals surface area contributed by atoms with Gasteiger partial charge in [0.25, 0.3) is 0 Å². The molecule has 0 aromatic carbocycles. The van der Waals surface area contributed by atoms with E-state index in [0.717, 1.165) is 9.54 Å². The zero-order chi connectivity index (χ0) is 10.8. The summed E-state index contributed by atoms with van der Waals surface area (Å²) in [7, 11) is 1.71. The number of thiophene rings is 1. The van der Waals surface area contributed by atoms with Crippen molar-refractivity contribution in [2.45, 2.75) is 10.9 Å². The highest BCUT2D eigenvalue weighted by Crippen LogP contribution is 2.27. The van der Waals surface area contributed by atoms with Crippen LogP contribution < -0.4 is 5.69 Å². The van der Waals surface area contributed by atoms with Crippen LogP contribution in [0.5, 0.6) is 0 Å². The fourth-order valence-electron chi connectivity index (χ4n) is 1.03. The second-order valence-corrected chi connectivity index (χ2v) is 6.35. The first kappa shape index (κ1) is 11.0. The van der Waals surface area contributed by atoms with E-state index < -0.39 is 0 Å². The molecule has 0 saturated carbocycles. The van der Waals surface area contributed by atoms with Crippen LogP contribution >= 0.6 is 39.0 Å². The Balaban J connectivity index is 2.05. The summed E-state index contributed by atoms with van der Waals surface area (Å²) < 4.78 is 2.63. The SMILES string of the molecule is Cn1c(SCc2ccc(Br)s2)n[nH]c1=O. The minimum absolute atomic E-state index is 0.176. The lowest BCUT2D eigenvalue weighted by molar-refractivity contribution is 0.766. The van der Waals surface area contributed by atoms with Crippen molar-refractivity contribution in [2.24, 2.45) is 7.05 Å². The van der Waals surface area contributed by atoms with Gasteiger partial charge in [-0.1, -0.05) is 11.8 Å². The largest absolute Gasteiger partial charge is 0.343 e. The van der Waals surface area contributed by atoms with Gasteiger partial charge in [-0.3, -0.25) is 4.57 Å². The van der Waals surface area contributed by atoms with E-state index in [9.17, 15) is 4.79 Å². The van der Waals surface area contributed by atoms with E-state index >= 15 is 0 Å². The maximum absolute atomic E-state index is 11.1. The van der Waals surface area contributed by atoms with Gasteiger partial charge >= 0.3 is 5.69 Å². The summed E-state index contributed by atoms with van der Waals surface area (Å²) in [5.41, 5.74) is -0.176. The van der Waals surface area contributed by atoms with E-state index in [1.807, 2.05) is 6.07 Å². The maximum Gasteiger partial charge on any atom is 0.343 e. The van der Waals surface area contributed by atoms with Crippen LogP contribution in [-0.4, -0.2) is 14.8 Å². The molecule has 7 heteroatoms. The highest BCUT2D eigenvalue weighted by atomic mass is 79.9. The smallest absolute Gasteiger partial charge is 0.273 e. The molecule has 0 aliphatic carbocycles. The molecule has 0 aliphatic rings. The molecule has 0 bridgehead atoms. The molecular weight excluding hydrogens is 298 g/mol. The van der Waals surface area contributed by atoms with Crippen molar-refractivity contribution < 1.29 is 0 Å². The Morgan fingerprint density at radius 1 is 1.67 bits per heavy atom. The number of thioether (sulfide) groups is 1. The van der Waals surface area contributed by atoms with Crippen LogP contribution in [-0.2, 0) is 12.8 Å². The number of nitrogens with zero attached hydrogens (tertiary/aromatic N) is 2. The van der Waals surface area contributed by atoms with Gasteiger partial charge in [0.2, 0.25) is 0 Å². The van der Waals surface area contributed by atoms with E-state index in [4.69, 9.17) is 0 Å². The molecule has 0 atom stereocenters. The van der Waals surface area contributed by atoms with E-state index in [1.165, 1.54) is 9.44 Å². The van der Waals surface area contributed by atoms with Gasteiger partial charge in [0.05, 0.1) is 3.79 Å². The van der Waals surface area contributed by atoms with Gasteiger partial charge in [-0.2, -0.15) is 0 Å². The van der Waals surface area contributed by atoms with Crippen molar-refractivity contribution in [3.63, 3.8) is 0 Å². The maximum atomic E-state index is 11.1. The van der Waals surface area contributed by atoms with Gasteiger partial charge in [0.1, 0.15) is 0 Å². The number of aromatic amines is 1. The predicted octanol–water partition coefficient (Wildman–Crippen LogP) is 2.22. The molecular formula is C8H8BrN3OS2. The summed E-state index contributed by atoms with van der Waals surface area (Å²) >= 11 is 6.64. The molecule has 4 nitrogen and oxygen atoms in total. The second kappa shape index (κ2) is 4.54. The van der Waals surface area contributed by atoms with Crippen LogP contribution in [0.1, 0.15) is 4.88 Å². The zero-order valence-electron chi connectivity index (χ0n) is 7.86. The third-order valence-corrected chi connectivity index (χ3v) is 4.70. The van der Waals surface area contributed by atoms with E-state index in [-0.39, 0.29) is 5.69 Å². The number of hydrogen-bond donors (Lipinski definition) is 1. The van der Waals surface area contributed by atoms with Gasteiger partial charge in [-0.05, 0) is 28.1 Å². The summed E-state index contributed by atoms with van der Waals surface area (Å²) in [5.74, 6) is 0.828. The number of hydrogen-bond acceptors (Lipinski definition) is 4. The number of rotatable bonds is 3. The summed E-state index contributed by atoms with van der Waals surface area (Å²) in [6.45, 7) is 0. The first-order valence-electron chi connectivity index (χ1n) is 4.15. The number of nitrogens with one attached hydrogen (secondary N) is 1. The van der Waals surface area contributed by atoms with Crippen LogP contribution in [0.2, 0.25) is 0 Å². The fraction of sp³-hybridized carbons (Fsp3) is 0.250. The molecule has 80 valence electrons.